The number of fused-ring (bicyclic) bond motifs is 1. The number of nitrogens with zero attached hydrogens (tertiary/aromatic N) is 2. The average molecular weight is 389 g/mol. The highest BCUT2D eigenvalue weighted by Crippen LogP contribution is 2.16. The zero-order valence-electron chi connectivity index (χ0n) is 15.9. The van der Waals surface area contributed by atoms with Crippen molar-refractivity contribution in [2.75, 3.05) is 0 Å². The minimum atomic E-state index is -0.297. The molecule has 29 heavy (non-hydrogen) atoms. The van der Waals surface area contributed by atoms with Crippen LogP contribution in [0.4, 0.5) is 4.39 Å². The molecular weight excluding hydrogens is 369 g/mol. The van der Waals surface area contributed by atoms with Crippen molar-refractivity contribution in [2.24, 2.45) is 0 Å². The van der Waals surface area contributed by atoms with Gasteiger partial charge in [-0.05, 0) is 60.5 Å². The lowest BCUT2D eigenvalue weighted by atomic mass is 10.2. The van der Waals surface area contributed by atoms with E-state index in [1.54, 1.807) is 36.4 Å². The summed E-state index contributed by atoms with van der Waals surface area (Å²) in [7, 11) is 0. The second-order valence-electron chi connectivity index (χ2n) is 6.78. The molecule has 0 bridgehead atoms. The van der Waals surface area contributed by atoms with Crippen LogP contribution in [0.2, 0.25) is 0 Å². The Morgan fingerprint density at radius 3 is 2.59 bits per heavy atom. The molecular formula is C23H20FN3O2. The second-order valence-corrected chi connectivity index (χ2v) is 6.78. The maximum absolute atomic E-state index is 12.9. The van der Waals surface area contributed by atoms with E-state index in [0.717, 1.165) is 22.5 Å². The molecule has 0 spiro atoms. The summed E-state index contributed by atoms with van der Waals surface area (Å²) < 4.78 is 20.7. The molecule has 6 heteroatoms. The molecule has 2 aromatic carbocycles. The van der Waals surface area contributed by atoms with Crippen LogP contribution >= 0.6 is 0 Å². The Balaban J connectivity index is 1.33. The molecule has 0 atom stereocenters. The number of amides is 1. The maximum atomic E-state index is 12.9. The summed E-state index contributed by atoms with van der Waals surface area (Å²) in [5.74, 6) is 0.167. The first-order valence-electron chi connectivity index (χ1n) is 9.27. The normalized spacial score (nSPS) is 10.8. The van der Waals surface area contributed by atoms with E-state index < -0.39 is 0 Å². The molecule has 146 valence electrons. The first kappa shape index (κ1) is 18.7. The van der Waals surface area contributed by atoms with Gasteiger partial charge in [0.2, 0.25) is 0 Å². The molecule has 1 N–H and O–H groups in total. The third-order valence-corrected chi connectivity index (χ3v) is 4.60. The Kier molecular flexibility index (Phi) is 5.24. The Bertz CT molecular complexity index is 1140. The Hall–Kier alpha value is -3.67. The minimum absolute atomic E-state index is 0.197. The van der Waals surface area contributed by atoms with Gasteiger partial charge in [-0.1, -0.05) is 18.2 Å². The number of ether oxygens (including phenoxy) is 1. The minimum Gasteiger partial charge on any atom is -0.487 e. The van der Waals surface area contributed by atoms with Gasteiger partial charge in [-0.25, -0.2) is 9.37 Å². The molecule has 5 nitrogen and oxygen atoms in total. The Labute approximate surface area is 167 Å². The van der Waals surface area contributed by atoms with E-state index in [-0.39, 0.29) is 11.7 Å². The van der Waals surface area contributed by atoms with E-state index in [0.29, 0.717) is 24.5 Å². The fourth-order valence-corrected chi connectivity index (χ4v) is 3.02. The molecule has 0 saturated heterocycles. The van der Waals surface area contributed by atoms with Crippen LogP contribution in [0.5, 0.6) is 5.75 Å². The van der Waals surface area contributed by atoms with E-state index in [1.165, 1.54) is 12.1 Å². The summed E-state index contributed by atoms with van der Waals surface area (Å²) in [6.07, 6.45) is 3.90. The van der Waals surface area contributed by atoms with Crippen molar-refractivity contribution < 1.29 is 13.9 Å². The van der Waals surface area contributed by atoms with Crippen molar-refractivity contribution >= 4 is 11.6 Å². The van der Waals surface area contributed by atoms with E-state index in [2.05, 4.69) is 10.3 Å². The van der Waals surface area contributed by atoms with Gasteiger partial charge < -0.3 is 14.5 Å². The van der Waals surface area contributed by atoms with Gasteiger partial charge in [0.15, 0.2) is 0 Å². The number of carbonyl (C=O) groups is 1. The summed E-state index contributed by atoms with van der Waals surface area (Å²) in [6, 6.07) is 17.0. The van der Waals surface area contributed by atoms with Crippen molar-refractivity contribution in [3.63, 3.8) is 0 Å². The molecule has 2 heterocycles. The van der Waals surface area contributed by atoms with Crippen LogP contribution in [0.15, 0.2) is 73.1 Å². The highest BCUT2D eigenvalue weighted by molar-refractivity contribution is 5.94. The highest BCUT2D eigenvalue weighted by atomic mass is 19.1. The van der Waals surface area contributed by atoms with Crippen LogP contribution in [0.25, 0.3) is 5.65 Å². The largest absolute Gasteiger partial charge is 0.487 e. The number of imidazole rings is 1. The molecule has 0 saturated carbocycles. The molecule has 0 fully saturated rings. The molecule has 1 amide bonds. The van der Waals surface area contributed by atoms with Gasteiger partial charge in [0.25, 0.3) is 5.91 Å². The summed E-state index contributed by atoms with van der Waals surface area (Å²) in [5.41, 5.74) is 4.22. The van der Waals surface area contributed by atoms with E-state index in [9.17, 15) is 9.18 Å². The van der Waals surface area contributed by atoms with E-state index in [4.69, 9.17) is 4.74 Å². The van der Waals surface area contributed by atoms with Crippen LogP contribution in [0, 0.1) is 12.7 Å². The van der Waals surface area contributed by atoms with Crippen LogP contribution in [0.3, 0.4) is 0 Å². The summed E-state index contributed by atoms with van der Waals surface area (Å²) in [5, 5.41) is 2.82. The number of hydrogen-bond donors (Lipinski definition) is 1. The quantitative estimate of drug-likeness (QED) is 0.535. The monoisotopic (exact) mass is 389 g/mol. The maximum Gasteiger partial charge on any atom is 0.251 e. The fraction of sp³-hybridized carbons (Fsp3) is 0.130. The fourth-order valence-electron chi connectivity index (χ4n) is 3.02. The standard InChI is InChI=1S/C23H20FN3O2/c1-16-3-2-12-27-14-20(26-22(16)27)15-29-21-10-6-18(7-11-21)23(28)25-13-17-4-8-19(24)9-5-17/h2-12,14H,13,15H2,1H3,(H,25,28). The topological polar surface area (TPSA) is 55.6 Å². The number of aromatic nitrogens is 2. The molecule has 0 unspecified atom stereocenters. The summed E-state index contributed by atoms with van der Waals surface area (Å²) >= 11 is 0. The number of halogens is 1. The second kappa shape index (κ2) is 8.14. The first-order valence-corrected chi connectivity index (χ1v) is 9.27. The molecule has 0 aliphatic carbocycles. The van der Waals surface area contributed by atoms with Crippen molar-refractivity contribution in [3.05, 3.63) is 101 Å². The van der Waals surface area contributed by atoms with Gasteiger partial charge in [0.05, 0.1) is 5.69 Å². The molecule has 0 aliphatic heterocycles. The number of rotatable bonds is 6. The molecule has 2 aromatic heterocycles. The van der Waals surface area contributed by atoms with Crippen LogP contribution < -0.4 is 10.1 Å². The zero-order valence-corrected chi connectivity index (χ0v) is 15.9. The predicted octanol–water partition coefficient (Wildman–Crippen LogP) is 4.29. The highest BCUT2D eigenvalue weighted by Gasteiger charge is 2.07. The third-order valence-electron chi connectivity index (χ3n) is 4.60. The molecule has 4 aromatic rings. The van der Waals surface area contributed by atoms with Crippen molar-refractivity contribution in [1.82, 2.24) is 14.7 Å². The lowest BCUT2D eigenvalue weighted by molar-refractivity contribution is 0.0951. The summed E-state index contributed by atoms with van der Waals surface area (Å²) in [4.78, 5) is 16.9. The number of aryl methyl sites for hydroxylation is 1. The number of benzene rings is 2. The summed E-state index contributed by atoms with van der Waals surface area (Å²) in [6.45, 7) is 2.70. The van der Waals surface area contributed by atoms with Crippen molar-refractivity contribution in [2.45, 2.75) is 20.1 Å². The van der Waals surface area contributed by atoms with Crippen LogP contribution in [-0.2, 0) is 13.2 Å². The van der Waals surface area contributed by atoms with E-state index in [1.807, 2.05) is 35.9 Å². The number of hydrogen-bond acceptors (Lipinski definition) is 3. The van der Waals surface area contributed by atoms with Crippen molar-refractivity contribution in [1.29, 1.82) is 0 Å². The smallest absolute Gasteiger partial charge is 0.251 e. The Morgan fingerprint density at radius 2 is 1.86 bits per heavy atom. The third kappa shape index (κ3) is 4.43. The van der Waals surface area contributed by atoms with Gasteiger partial charge in [0, 0.05) is 24.5 Å². The van der Waals surface area contributed by atoms with Gasteiger partial charge >= 0.3 is 0 Å². The van der Waals surface area contributed by atoms with Gasteiger partial charge in [-0.15, -0.1) is 0 Å². The van der Waals surface area contributed by atoms with Gasteiger partial charge in [-0.3, -0.25) is 4.79 Å². The molecule has 4 rings (SSSR count). The lowest BCUT2D eigenvalue weighted by Crippen LogP contribution is -2.22. The van der Waals surface area contributed by atoms with Gasteiger partial charge in [-0.2, -0.15) is 0 Å². The predicted molar refractivity (Wildman–Crippen MR) is 108 cm³/mol. The molecule has 0 aliphatic rings. The number of nitrogens with one attached hydrogen (secondary N) is 1. The number of carbonyl (C=O) groups excluding carboxylic acids is 1. The first-order chi connectivity index (χ1) is 14.1. The Morgan fingerprint density at radius 1 is 1.10 bits per heavy atom. The van der Waals surface area contributed by atoms with E-state index >= 15 is 0 Å². The lowest BCUT2D eigenvalue weighted by Gasteiger charge is -2.07. The average Bonchev–Trinajstić information content (AvgIpc) is 3.17. The molecule has 0 radical (unpaired) electrons. The van der Waals surface area contributed by atoms with Crippen LogP contribution in [-0.4, -0.2) is 15.3 Å². The number of pyridine rings is 1. The van der Waals surface area contributed by atoms with Crippen LogP contribution in [0.1, 0.15) is 27.2 Å². The SMILES string of the molecule is Cc1cccn2cc(COc3ccc(C(=O)NCc4ccc(F)cc4)cc3)nc12. The van der Waals surface area contributed by atoms with Crippen molar-refractivity contribution in [3.8, 4) is 5.75 Å². The zero-order chi connectivity index (χ0) is 20.2. The van der Waals surface area contributed by atoms with Gasteiger partial charge in [0.1, 0.15) is 23.8 Å².